The largest absolute Gasteiger partial charge is 0.177 e. The molecule has 0 radical (unpaired) electrons. The van der Waals surface area contributed by atoms with Gasteiger partial charge >= 0.3 is 0 Å². The Morgan fingerprint density at radius 3 is 3.09 bits per heavy atom. The van der Waals surface area contributed by atoms with Crippen LogP contribution in [-0.2, 0) is 6.42 Å². The Labute approximate surface area is 65.7 Å². The van der Waals surface area contributed by atoms with Crippen molar-refractivity contribution >= 4 is 0 Å². The van der Waals surface area contributed by atoms with Crippen molar-refractivity contribution in [2.45, 2.75) is 26.2 Å². The third-order valence-electron chi connectivity index (χ3n) is 1.40. The van der Waals surface area contributed by atoms with Crippen LogP contribution in [0.3, 0.4) is 0 Å². The van der Waals surface area contributed by atoms with E-state index in [1.54, 1.807) is 0 Å². The summed E-state index contributed by atoms with van der Waals surface area (Å²) >= 11 is 0. The summed E-state index contributed by atoms with van der Waals surface area (Å²) < 4.78 is 0. The van der Waals surface area contributed by atoms with E-state index in [1.807, 2.05) is 6.92 Å². The first-order valence-electron chi connectivity index (χ1n) is 3.77. The summed E-state index contributed by atoms with van der Waals surface area (Å²) in [6.45, 7) is 2.02. The molecule has 1 aromatic heterocycles. The van der Waals surface area contributed by atoms with E-state index in [9.17, 15) is 0 Å². The number of aromatic amines is 1. The summed E-state index contributed by atoms with van der Waals surface area (Å²) in [7, 11) is 0. The molecule has 0 saturated carbocycles. The second-order valence-corrected chi connectivity index (χ2v) is 2.29. The van der Waals surface area contributed by atoms with Gasteiger partial charge in [-0.15, -0.1) is 10.2 Å². The van der Waals surface area contributed by atoms with E-state index in [1.165, 1.54) is 0 Å². The van der Waals surface area contributed by atoms with Crippen LogP contribution in [0.4, 0.5) is 0 Å². The molecule has 0 atom stereocenters. The van der Waals surface area contributed by atoms with Gasteiger partial charge in [-0.05, 0) is 19.8 Å². The minimum Gasteiger partial charge on any atom is -0.177 e. The number of aromatic nitrogens is 4. The van der Waals surface area contributed by atoms with Crippen molar-refractivity contribution in [3.63, 3.8) is 0 Å². The quantitative estimate of drug-likeness (QED) is 0.519. The monoisotopic (exact) mass is 152 g/mol. The SMILES string of the molecule is CC=CCCCc1nn[nH]n1. The predicted molar refractivity (Wildman–Crippen MR) is 41.9 cm³/mol. The molecule has 0 saturated heterocycles. The molecule has 4 nitrogen and oxygen atoms in total. The van der Waals surface area contributed by atoms with Crippen molar-refractivity contribution in [3.8, 4) is 0 Å². The van der Waals surface area contributed by atoms with Crippen LogP contribution in [0.2, 0.25) is 0 Å². The molecule has 60 valence electrons. The van der Waals surface area contributed by atoms with Crippen LogP contribution in [-0.4, -0.2) is 20.6 Å². The van der Waals surface area contributed by atoms with Crippen LogP contribution in [0.25, 0.3) is 0 Å². The Kier molecular flexibility index (Phi) is 3.31. The van der Waals surface area contributed by atoms with E-state index < -0.39 is 0 Å². The van der Waals surface area contributed by atoms with Crippen molar-refractivity contribution in [2.24, 2.45) is 0 Å². The number of allylic oxidation sites excluding steroid dienone is 2. The van der Waals surface area contributed by atoms with Gasteiger partial charge in [0.25, 0.3) is 0 Å². The number of nitrogens with zero attached hydrogens (tertiary/aromatic N) is 3. The molecule has 1 rings (SSSR count). The number of tetrazole rings is 1. The van der Waals surface area contributed by atoms with Crippen molar-refractivity contribution < 1.29 is 0 Å². The smallest absolute Gasteiger partial charge is 0.174 e. The minimum absolute atomic E-state index is 0.800. The van der Waals surface area contributed by atoms with Gasteiger partial charge in [0.2, 0.25) is 0 Å². The van der Waals surface area contributed by atoms with Crippen LogP contribution in [0.15, 0.2) is 12.2 Å². The summed E-state index contributed by atoms with van der Waals surface area (Å²) in [4.78, 5) is 0. The van der Waals surface area contributed by atoms with Gasteiger partial charge in [0, 0.05) is 6.42 Å². The van der Waals surface area contributed by atoms with Gasteiger partial charge in [-0.2, -0.15) is 5.21 Å². The molecule has 1 N–H and O–H groups in total. The highest BCUT2D eigenvalue weighted by Gasteiger charge is 1.94. The van der Waals surface area contributed by atoms with Gasteiger partial charge in [0.1, 0.15) is 0 Å². The third-order valence-corrected chi connectivity index (χ3v) is 1.40. The molecule has 0 aliphatic rings. The molecule has 0 aliphatic heterocycles. The number of rotatable bonds is 4. The topological polar surface area (TPSA) is 54.5 Å². The molecule has 0 fully saturated rings. The molecule has 0 unspecified atom stereocenters. The molecule has 0 bridgehead atoms. The summed E-state index contributed by atoms with van der Waals surface area (Å²) in [6.07, 6.45) is 7.27. The summed E-state index contributed by atoms with van der Waals surface area (Å²) in [5.74, 6) is 0.800. The first kappa shape index (κ1) is 7.91. The molecule has 0 spiro atoms. The normalized spacial score (nSPS) is 11.0. The zero-order valence-corrected chi connectivity index (χ0v) is 6.62. The lowest BCUT2D eigenvalue weighted by Gasteiger charge is -1.88. The Bertz CT molecular complexity index is 202. The van der Waals surface area contributed by atoms with E-state index >= 15 is 0 Å². The average Bonchev–Trinajstić information content (AvgIpc) is 2.50. The van der Waals surface area contributed by atoms with Crippen LogP contribution in [0.1, 0.15) is 25.6 Å². The molecule has 0 aliphatic carbocycles. The van der Waals surface area contributed by atoms with Gasteiger partial charge < -0.3 is 0 Å². The van der Waals surface area contributed by atoms with E-state index in [0.29, 0.717) is 0 Å². The molecule has 0 amide bonds. The number of hydrogen-bond acceptors (Lipinski definition) is 3. The van der Waals surface area contributed by atoms with Crippen LogP contribution >= 0.6 is 0 Å². The van der Waals surface area contributed by atoms with Crippen LogP contribution in [0.5, 0.6) is 0 Å². The molecule has 0 aromatic carbocycles. The minimum atomic E-state index is 0.800. The standard InChI is InChI=1S/C7H12N4/c1-2-3-4-5-6-7-8-10-11-9-7/h2-3H,4-6H2,1H3,(H,8,9,10,11). The highest BCUT2D eigenvalue weighted by Crippen LogP contribution is 1.97. The first-order chi connectivity index (χ1) is 5.43. The molecular weight excluding hydrogens is 140 g/mol. The lowest BCUT2D eigenvalue weighted by atomic mass is 10.2. The van der Waals surface area contributed by atoms with E-state index in [4.69, 9.17) is 0 Å². The molecule has 1 aromatic rings. The van der Waals surface area contributed by atoms with Gasteiger partial charge in [0.15, 0.2) is 5.82 Å². The highest BCUT2D eigenvalue weighted by atomic mass is 15.5. The second-order valence-electron chi connectivity index (χ2n) is 2.29. The van der Waals surface area contributed by atoms with E-state index in [-0.39, 0.29) is 0 Å². The van der Waals surface area contributed by atoms with Crippen molar-refractivity contribution in [2.75, 3.05) is 0 Å². The van der Waals surface area contributed by atoms with Gasteiger partial charge in [-0.1, -0.05) is 17.4 Å². The van der Waals surface area contributed by atoms with Crippen molar-refractivity contribution in [1.82, 2.24) is 20.6 Å². The predicted octanol–water partition coefficient (Wildman–Crippen LogP) is 1.10. The van der Waals surface area contributed by atoms with E-state index in [2.05, 4.69) is 32.8 Å². The number of H-pyrrole nitrogens is 1. The number of unbranched alkanes of at least 4 members (excludes halogenated alkanes) is 1. The maximum Gasteiger partial charge on any atom is 0.174 e. The molecule has 11 heavy (non-hydrogen) atoms. The molecular formula is C7H12N4. The molecule has 1 heterocycles. The molecule has 4 heteroatoms. The number of hydrogen-bond donors (Lipinski definition) is 1. The van der Waals surface area contributed by atoms with E-state index in [0.717, 1.165) is 25.1 Å². The third kappa shape index (κ3) is 2.93. The number of aryl methyl sites for hydroxylation is 1. The Balaban J connectivity index is 2.14. The van der Waals surface area contributed by atoms with Crippen LogP contribution in [0, 0.1) is 0 Å². The van der Waals surface area contributed by atoms with Gasteiger partial charge in [-0.25, -0.2) is 0 Å². The summed E-state index contributed by atoms with van der Waals surface area (Å²) in [6, 6.07) is 0. The van der Waals surface area contributed by atoms with Gasteiger partial charge in [-0.3, -0.25) is 0 Å². The van der Waals surface area contributed by atoms with Crippen molar-refractivity contribution in [1.29, 1.82) is 0 Å². The zero-order chi connectivity index (χ0) is 7.94. The lowest BCUT2D eigenvalue weighted by molar-refractivity contribution is 0.788. The summed E-state index contributed by atoms with van der Waals surface area (Å²) in [5, 5.41) is 13.6. The Morgan fingerprint density at radius 1 is 1.55 bits per heavy atom. The second kappa shape index (κ2) is 4.60. The lowest BCUT2D eigenvalue weighted by Crippen LogP contribution is -1.87. The maximum absolute atomic E-state index is 3.84. The summed E-state index contributed by atoms with van der Waals surface area (Å²) in [5.41, 5.74) is 0. The van der Waals surface area contributed by atoms with Gasteiger partial charge in [0.05, 0.1) is 0 Å². The first-order valence-corrected chi connectivity index (χ1v) is 3.77. The highest BCUT2D eigenvalue weighted by molar-refractivity contribution is 4.81. The van der Waals surface area contributed by atoms with Crippen molar-refractivity contribution in [3.05, 3.63) is 18.0 Å². The number of nitrogens with one attached hydrogen (secondary N) is 1. The fourth-order valence-corrected chi connectivity index (χ4v) is 0.833. The fourth-order valence-electron chi connectivity index (χ4n) is 0.833. The Hall–Kier alpha value is -1.19. The Morgan fingerprint density at radius 2 is 2.45 bits per heavy atom. The zero-order valence-electron chi connectivity index (χ0n) is 6.62. The fraction of sp³-hybridized carbons (Fsp3) is 0.571. The maximum atomic E-state index is 3.84. The van der Waals surface area contributed by atoms with Crippen LogP contribution < -0.4 is 0 Å². The average molecular weight is 152 g/mol.